The van der Waals surface area contributed by atoms with Gasteiger partial charge in [-0.3, -0.25) is 9.59 Å². The summed E-state index contributed by atoms with van der Waals surface area (Å²) in [6.45, 7) is 2.12. The predicted octanol–water partition coefficient (Wildman–Crippen LogP) is 3.41. The van der Waals surface area contributed by atoms with Gasteiger partial charge in [0.15, 0.2) is 5.69 Å². The van der Waals surface area contributed by atoms with E-state index in [9.17, 15) is 9.59 Å². The molecule has 2 heterocycles. The lowest BCUT2D eigenvalue weighted by atomic mass is 10.1. The number of nitrogens with zero attached hydrogens (tertiary/aromatic N) is 3. The Balaban J connectivity index is 1.45. The van der Waals surface area contributed by atoms with Crippen molar-refractivity contribution < 1.29 is 14.3 Å². The molecule has 0 saturated carbocycles. The van der Waals surface area contributed by atoms with Crippen LogP contribution in [-0.4, -0.2) is 26.8 Å². The van der Waals surface area contributed by atoms with Crippen molar-refractivity contribution in [2.45, 2.75) is 26.2 Å². The van der Waals surface area contributed by atoms with Crippen LogP contribution in [0.3, 0.4) is 0 Å². The van der Waals surface area contributed by atoms with Crippen molar-refractivity contribution in [3.05, 3.63) is 70.5 Å². The summed E-state index contributed by atoms with van der Waals surface area (Å²) in [6, 6.07) is 14.3. The highest BCUT2D eigenvalue weighted by Gasteiger charge is 2.27. The molecular formula is C20H18ClN5O3. The second-order valence-electron chi connectivity index (χ2n) is 6.63. The zero-order valence-electron chi connectivity index (χ0n) is 15.6. The first-order valence-electron chi connectivity index (χ1n) is 8.98. The van der Waals surface area contributed by atoms with E-state index in [1.807, 2.05) is 24.3 Å². The molecular weight excluding hydrogens is 394 g/mol. The molecule has 148 valence electrons. The number of hydrogen-bond acceptors (Lipinski definition) is 5. The van der Waals surface area contributed by atoms with Crippen molar-refractivity contribution in [1.29, 1.82) is 0 Å². The van der Waals surface area contributed by atoms with Crippen molar-refractivity contribution in [1.82, 2.24) is 15.0 Å². The maximum atomic E-state index is 12.6. The number of fused-ring (bicyclic) bond motifs is 1. The van der Waals surface area contributed by atoms with E-state index in [1.54, 1.807) is 28.9 Å². The summed E-state index contributed by atoms with van der Waals surface area (Å²) >= 11 is 5.94. The fourth-order valence-corrected chi connectivity index (χ4v) is 3.22. The van der Waals surface area contributed by atoms with Gasteiger partial charge < -0.3 is 15.4 Å². The fourth-order valence-electron chi connectivity index (χ4n) is 3.10. The van der Waals surface area contributed by atoms with Crippen LogP contribution in [0.5, 0.6) is 0 Å². The molecule has 0 radical (unpaired) electrons. The first-order chi connectivity index (χ1) is 14.0. The average Bonchev–Trinajstić information content (AvgIpc) is 3.13. The van der Waals surface area contributed by atoms with Gasteiger partial charge in [0.1, 0.15) is 6.10 Å². The van der Waals surface area contributed by atoms with Gasteiger partial charge in [-0.1, -0.05) is 28.9 Å². The number of aromatic nitrogens is 3. The van der Waals surface area contributed by atoms with Crippen LogP contribution in [0.1, 0.15) is 34.8 Å². The Labute approximate surface area is 171 Å². The highest BCUT2D eigenvalue weighted by molar-refractivity contribution is 6.30. The van der Waals surface area contributed by atoms with Crippen LogP contribution in [0.4, 0.5) is 11.4 Å². The Bertz CT molecular complexity index is 1050. The molecule has 0 fully saturated rings. The van der Waals surface area contributed by atoms with Crippen LogP contribution in [0.2, 0.25) is 5.02 Å². The van der Waals surface area contributed by atoms with Crippen LogP contribution >= 0.6 is 11.6 Å². The number of ether oxygens (including phenoxy) is 1. The Morgan fingerprint density at radius 2 is 1.72 bits per heavy atom. The summed E-state index contributed by atoms with van der Waals surface area (Å²) in [5, 5.41) is 14.3. The number of amides is 2. The zero-order chi connectivity index (χ0) is 20.4. The number of anilines is 2. The third-order valence-corrected chi connectivity index (χ3v) is 4.77. The average molecular weight is 412 g/mol. The minimum absolute atomic E-state index is 0.158. The minimum atomic E-state index is -0.368. The highest BCUT2D eigenvalue weighted by Crippen LogP contribution is 2.28. The number of halogens is 1. The quantitative estimate of drug-likeness (QED) is 0.685. The standard InChI is InChI=1S/C20H18ClN5O3/c1-12(27)22-15-6-8-16(9-7-15)23-20(28)19-17-11-29-18(10-26(17)25-24-19)13-2-4-14(21)5-3-13/h2-9,18H,10-11H2,1H3,(H,22,27)(H,23,28). The van der Waals surface area contributed by atoms with Crippen molar-refractivity contribution in [2.24, 2.45) is 0 Å². The van der Waals surface area contributed by atoms with Gasteiger partial charge in [-0.15, -0.1) is 5.10 Å². The SMILES string of the molecule is CC(=O)Nc1ccc(NC(=O)c2nnn3c2COC(c2ccc(Cl)cc2)C3)cc1. The van der Waals surface area contributed by atoms with Crippen molar-refractivity contribution in [3.63, 3.8) is 0 Å². The molecule has 1 aromatic heterocycles. The Morgan fingerprint density at radius 3 is 2.38 bits per heavy atom. The number of carbonyl (C=O) groups excluding carboxylic acids is 2. The number of hydrogen-bond donors (Lipinski definition) is 2. The summed E-state index contributed by atoms with van der Waals surface area (Å²) in [5.41, 5.74) is 3.08. The molecule has 0 bridgehead atoms. The van der Waals surface area contributed by atoms with Gasteiger partial charge in [-0.25, -0.2) is 4.68 Å². The molecule has 8 nitrogen and oxygen atoms in total. The van der Waals surface area contributed by atoms with Crippen molar-refractivity contribution >= 4 is 34.8 Å². The van der Waals surface area contributed by atoms with Gasteiger partial charge in [0.05, 0.1) is 18.8 Å². The first-order valence-corrected chi connectivity index (χ1v) is 9.36. The maximum Gasteiger partial charge on any atom is 0.278 e. The number of nitrogens with one attached hydrogen (secondary N) is 2. The van der Waals surface area contributed by atoms with Crippen LogP contribution in [-0.2, 0) is 22.7 Å². The Kier molecular flexibility index (Phi) is 5.28. The van der Waals surface area contributed by atoms with Crippen LogP contribution in [0, 0.1) is 0 Å². The molecule has 9 heteroatoms. The predicted molar refractivity (Wildman–Crippen MR) is 108 cm³/mol. The summed E-state index contributed by atoms with van der Waals surface area (Å²) in [7, 11) is 0. The summed E-state index contributed by atoms with van der Waals surface area (Å²) < 4.78 is 7.61. The maximum absolute atomic E-state index is 12.6. The molecule has 29 heavy (non-hydrogen) atoms. The molecule has 1 aliphatic rings. The topological polar surface area (TPSA) is 98.1 Å². The molecule has 2 aromatic carbocycles. The van der Waals surface area contributed by atoms with E-state index in [2.05, 4.69) is 20.9 Å². The summed E-state index contributed by atoms with van der Waals surface area (Å²) in [4.78, 5) is 23.7. The molecule has 4 rings (SSSR count). The largest absolute Gasteiger partial charge is 0.365 e. The molecule has 0 spiro atoms. The van der Waals surface area contributed by atoms with Gasteiger partial charge in [0.2, 0.25) is 5.91 Å². The van der Waals surface area contributed by atoms with E-state index in [0.29, 0.717) is 28.6 Å². The van der Waals surface area contributed by atoms with Gasteiger partial charge in [-0.2, -0.15) is 0 Å². The molecule has 1 atom stereocenters. The lowest BCUT2D eigenvalue weighted by molar-refractivity contribution is -0.114. The first kappa shape index (κ1) is 19.1. The number of rotatable bonds is 4. The molecule has 2 N–H and O–H groups in total. The fraction of sp³-hybridized carbons (Fsp3) is 0.200. The second kappa shape index (κ2) is 8.02. The normalized spacial score (nSPS) is 15.4. The third kappa shape index (κ3) is 4.28. The zero-order valence-corrected chi connectivity index (χ0v) is 16.3. The van der Waals surface area contributed by atoms with Gasteiger partial charge >= 0.3 is 0 Å². The Hall–Kier alpha value is -3.23. The van der Waals surface area contributed by atoms with Crippen molar-refractivity contribution in [3.8, 4) is 0 Å². The van der Waals surface area contributed by atoms with E-state index < -0.39 is 0 Å². The minimum Gasteiger partial charge on any atom is -0.365 e. The molecule has 1 unspecified atom stereocenters. The summed E-state index contributed by atoms with van der Waals surface area (Å²) in [5.74, 6) is -0.526. The van der Waals surface area contributed by atoms with Crippen molar-refractivity contribution in [2.75, 3.05) is 10.6 Å². The smallest absolute Gasteiger partial charge is 0.278 e. The van der Waals surface area contributed by atoms with Gasteiger partial charge in [-0.05, 0) is 42.0 Å². The Morgan fingerprint density at radius 1 is 1.07 bits per heavy atom. The van der Waals surface area contributed by atoms with E-state index in [0.717, 1.165) is 5.56 Å². The van der Waals surface area contributed by atoms with Crippen LogP contribution in [0.15, 0.2) is 48.5 Å². The van der Waals surface area contributed by atoms with E-state index in [-0.39, 0.29) is 30.2 Å². The van der Waals surface area contributed by atoms with E-state index in [4.69, 9.17) is 16.3 Å². The summed E-state index contributed by atoms with van der Waals surface area (Å²) in [6.07, 6.45) is -0.182. The molecule has 3 aromatic rings. The van der Waals surface area contributed by atoms with Crippen LogP contribution in [0.25, 0.3) is 0 Å². The third-order valence-electron chi connectivity index (χ3n) is 4.52. The number of carbonyl (C=O) groups is 2. The number of benzene rings is 2. The second-order valence-corrected chi connectivity index (χ2v) is 7.07. The van der Waals surface area contributed by atoms with E-state index >= 15 is 0 Å². The van der Waals surface area contributed by atoms with E-state index in [1.165, 1.54) is 6.92 Å². The molecule has 0 saturated heterocycles. The lowest BCUT2D eigenvalue weighted by Gasteiger charge is -2.24. The van der Waals surface area contributed by atoms with Crippen LogP contribution < -0.4 is 10.6 Å². The monoisotopic (exact) mass is 411 g/mol. The molecule has 0 aliphatic carbocycles. The molecule has 2 amide bonds. The lowest BCUT2D eigenvalue weighted by Crippen LogP contribution is -2.24. The van der Waals surface area contributed by atoms with Gasteiger partial charge in [0, 0.05) is 23.3 Å². The highest BCUT2D eigenvalue weighted by atomic mass is 35.5. The molecule has 1 aliphatic heterocycles. The van der Waals surface area contributed by atoms with Gasteiger partial charge in [0.25, 0.3) is 5.91 Å².